The number of piperidine rings is 1. The highest BCUT2D eigenvalue weighted by atomic mass is 16.3. The van der Waals surface area contributed by atoms with Crippen molar-refractivity contribution >= 4 is 11.7 Å². The second kappa shape index (κ2) is 7.74. The molecule has 1 fully saturated rings. The lowest BCUT2D eigenvalue weighted by atomic mass is 9.97. The third-order valence-corrected chi connectivity index (χ3v) is 4.76. The minimum atomic E-state index is -0.167. The number of rotatable bonds is 6. The monoisotopic (exact) mass is 308 g/mol. The van der Waals surface area contributed by atoms with E-state index in [-0.39, 0.29) is 24.6 Å². The van der Waals surface area contributed by atoms with Gasteiger partial charge in [-0.2, -0.15) is 5.10 Å². The Balaban J connectivity index is 1.93. The molecule has 6 heteroatoms. The molecule has 0 spiro atoms. The molecular weight excluding hydrogens is 280 g/mol. The second-order valence-electron chi connectivity index (χ2n) is 6.25. The number of carbonyl (C=O) groups is 1. The van der Waals surface area contributed by atoms with Crippen LogP contribution in [0.4, 0.5) is 5.82 Å². The molecule has 0 aromatic carbocycles. The standard InChI is InChI=1S/C16H28N4O2/c1-4-12(2)20-15(5-8-17-20)18-16(22)13(3)19-9-6-14(11-21)7-10-19/h5,8,12-14,21H,4,6-7,9-11H2,1-3H3,(H,18,22)/t12-,13-/m0/s1. The number of hydrogen-bond acceptors (Lipinski definition) is 4. The topological polar surface area (TPSA) is 70.4 Å². The molecule has 0 aliphatic carbocycles. The van der Waals surface area contributed by atoms with E-state index >= 15 is 0 Å². The van der Waals surface area contributed by atoms with Gasteiger partial charge in [-0.3, -0.25) is 9.69 Å². The Labute approximate surface area is 132 Å². The smallest absolute Gasteiger partial charge is 0.242 e. The number of amides is 1. The van der Waals surface area contributed by atoms with E-state index in [4.69, 9.17) is 0 Å². The number of anilines is 1. The number of carbonyl (C=O) groups excluding carboxylic acids is 1. The molecule has 1 aliphatic rings. The number of aliphatic hydroxyl groups excluding tert-OH is 1. The first-order valence-electron chi connectivity index (χ1n) is 8.26. The van der Waals surface area contributed by atoms with E-state index in [1.165, 1.54) is 0 Å². The van der Waals surface area contributed by atoms with Crippen LogP contribution < -0.4 is 5.32 Å². The molecule has 0 unspecified atom stereocenters. The first-order valence-corrected chi connectivity index (χ1v) is 8.26. The number of nitrogens with one attached hydrogen (secondary N) is 1. The van der Waals surface area contributed by atoms with E-state index in [2.05, 4.69) is 29.2 Å². The van der Waals surface area contributed by atoms with Crippen molar-refractivity contribution in [2.75, 3.05) is 25.0 Å². The Morgan fingerprint density at radius 2 is 2.14 bits per heavy atom. The fourth-order valence-corrected chi connectivity index (χ4v) is 2.86. The maximum atomic E-state index is 12.5. The maximum Gasteiger partial charge on any atom is 0.242 e. The summed E-state index contributed by atoms with van der Waals surface area (Å²) in [5.74, 6) is 1.15. The Kier molecular flexibility index (Phi) is 5.97. The second-order valence-corrected chi connectivity index (χ2v) is 6.25. The molecule has 2 rings (SSSR count). The minimum Gasteiger partial charge on any atom is -0.396 e. The van der Waals surface area contributed by atoms with Crippen molar-refractivity contribution in [2.45, 2.75) is 52.1 Å². The van der Waals surface area contributed by atoms with Crippen molar-refractivity contribution in [3.05, 3.63) is 12.3 Å². The van der Waals surface area contributed by atoms with Gasteiger partial charge >= 0.3 is 0 Å². The van der Waals surface area contributed by atoms with Gasteiger partial charge in [0.25, 0.3) is 0 Å². The molecule has 2 N–H and O–H groups in total. The molecule has 1 amide bonds. The zero-order chi connectivity index (χ0) is 16.1. The molecule has 2 atom stereocenters. The average Bonchev–Trinajstić information content (AvgIpc) is 3.01. The first kappa shape index (κ1) is 17.0. The maximum absolute atomic E-state index is 12.5. The van der Waals surface area contributed by atoms with Crippen LogP contribution in [-0.2, 0) is 4.79 Å². The molecular formula is C16H28N4O2. The first-order chi connectivity index (χ1) is 10.6. The van der Waals surface area contributed by atoms with Gasteiger partial charge in [0.2, 0.25) is 5.91 Å². The quantitative estimate of drug-likeness (QED) is 0.842. The minimum absolute atomic E-state index is 0.00695. The van der Waals surface area contributed by atoms with Gasteiger partial charge in [0.05, 0.1) is 18.3 Å². The summed E-state index contributed by atoms with van der Waals surface area (Å²) in [7, 11) is 0. The third-order valence-electron chi connectivity index (χ3n) is 4.76. The van der Waals surface area contributed by atoms with Crippen molar-refractivity contribution in [1.29, 1.82) is 0 Å². The van der Waals surface area contributed by atoms with Crippen LogP contribution in [0, 0.1) is 5.92 Å². The molecule has 6 nitrogen and oxygen atoms in total. The predicted octanol–water partition coefficient (Wildman–Crippen LogP) is 1.89. The molecule has 1 aliphatic heterocycles. The molecule has 124 valence electrons. The van der Waals surface area contributed by atoms with Crippen LogP contribution in [0.3, 0.4) is 0 Å². The summed E-state index contributed by atoms with van der Waals surface area (Å²) in [6, 6.07) is 1.94. The molecule has 1 aromatic rings. The number of hydrogen-bond donors (Lipinski definition) is 2. The lowest BCUT2D eigenvalue weighted by Gasteiger charge is -2.34. The van der Waals surface area contributed by atoms with Gasteiger partial charge in [-0.05, 0) is 52.1 Å². The van der Waals surface area contributed by atoms with E-state index in [1.807, 2.05) is 17.7 Å². The number of aromatic nitrogens is 2. The average molecular weight is 308 g/mol. The molecule has 1 aromatic heterocycles. The van der Waals surface area contributed by atoms with Gasteiger partial charge in [0.15, 0.2) is 0 Å². The van der Waals surface area contributed by atoms with E-state index in [0.29, 0.717) is 5.92 Å². The number of aliphatic hydroxyl groups is 1. The van der Waals surface area contributed by atoms with Crippen LogP contribution in [0.15, 0.2) is 12.3 Å². The Hall–Kier alpha value is -1.40. The summed E-state index contributed by atoms with van der Waals surface area (Å²) in [5.41, 5.74) is 0. The highest BCUT2D eigenvalue weighted by molar-refractivity contribution is 5.93. The zero-order valence-corrected chi connectivity index (χ0v) is 13.8. The summed E-state index contributed by atoms with van der Waals surface area (Å²) >= 11 is 0. The fraction of sp³-hybridized carbons (Fsp3) is 0.750. The molecule has 0 bridgehead atoms. The largest absolute Gasteiger partial charge is 0.396 e. The summed E-state index contributed by atoms with van der Waals surface area (Å²) in [5, 5.41) is 16.5. The lowest BCUT2D eigenvalue weighted by Crippen LogP contribution is -2.46. The predicted molar refractivity (Wildman–Crippen MR) is 86.7 cm³/mol. The van der Waals surface area contributed by atoms with Gasteiger partial charge in [-0.1, -0.05) is 6.92 Å². The highest BCUT2D eigenvalue weighted by Crippen LogP contribution is 2.20. The fourth-order valence-electron chi connectivity index (χ4n) is 2.86. The zero-order valence-electron chi connectivity index (χ0n) is 13.8. The third kappa shape index (κ3) is 3.87. The van der Waals surface area contributed by atoms with Crippen LogP contribution in [0.2, 0.25) is 0 Å². The van der Waals surface area contributed by atoms with Crippen molar-refractivity contribution in [2.24, 2.45) is 5.92 Å². The molecule has 0 saturated carbocycles. The van der Waals surface area contributed by atoms with E-state index < -0.39 is 0 Å². The van der Waals surface area contributed by atoms with E-state index in [0.717, 1.165) is 38.2 Å². The van der Waals surface area contributed by atoms with Crippen molar-refractivity contribution in [1.82, 2.24) is 14.7 Å². The van der Waals surface area contributed by atoms with Gasteiger partial charge in [0.1, 0.15) is 5.82 Å². The van der Waals surface area contributed by atoms with Crippen LogP contribution >= 0.6 is 0 Å². The summed E-state index contributed by atoms with van der Waals surface area (Å²) in [4.78, 5) is 14.7. The number of likely N-dealkylation sites (tertiary alicyclic amines) is 1. The van der Waals surface area contributed by atoms with Gasteiger partial charge in [-0.25, -0.2) is 4.68 Å². The van der Waals surface area contributed by atoms with Gasteiger partial charge in [-0.15, -0.1) is 0 Å². The van der Waals surface area contributed by atoms with E-state index in [1.54, 1.807) is 6.20 Å². The number of nitrogens with zero attached hydrogens (tertiary/aromatic N) is 3. The summed E-state index contributed by atoms with van der Waals surface area (Å²) < 4.78 is 1.86. The van der Waals surface area contributed by atoms with Gasteiger partial charge < -0.3 is 10.4 Å². The van der Waals surface area contributed by atoms with Crippen molar-refractivity contribution in [3.8, 4) is 0 Å². The SMILES string of the molecule is CC[C@H](C)n1nccc1NC(=O)[C@H](C)N1CCC(CO)CC1. The highest BCUT2D eigenvalue weighted by Gasteiger charge is 2.26. The summed E-state index contributed by atoms with van der Waals surface area (Å²) in [6.07, 6.45) is 4.60. The van der Waals surface area contributed by atoms with Crippen LogP contribution in [0.25, 0.3) is 0 Å². The Bertz CT molecular complexity index is 480. The lowest BCUT2D eigenvalue weighted by molar-refractivity contribution is -0.121. The van der Waals surface area contributed by atoms with Crippen molar-refractivity contribution < 1.29 is 9.90 Å². The molecule has 22 heavy (non-hydrogen) atoms. The molecule has 2 heterocycles. The molecule has 0 radical (unpaired) electrons. The van der Waals surface area contributed by atoms with Crippen molar-refractivity contribution in [3.63, 3.8) is 0 Å². The van der Waals surface area contributed by atoms with E-state index in [9.17, 15) is 9.90 Å². The van der Waals surface area contributed by atoms with Gasteiger partial charge in [0, 0.05) is 12.7 Å². The summed E-state index contributed by atoms with van der Waals surface area (Å²) in [6.45, 7) is 8.12. The Morgan fingerprint density at radius 1 is 1.45 bits per heavy atom. The Morgan fingerprint density at radius 3 is 2.73 bits per heavy atom. The van der Waals surface area contributed by atoms with Crippen LogP contribution in [0.5, 0.6) is 0 Å². The van der Waals surface area contributed by atoms with Crippen LogP contribution in [0.1, 0.15) is 46.1 Å². The molecule has 1 saturated heterocycles. The van der Waals surface area contributed by atoms with Crippen LogP contribution in [-0.4, -0.2) is 51.4 Å². The normalized spacial score (nSPS) is 19.8.